The molecule has 0 saturated carbocycles. The molecule has 3 aromatic carbocycles. The number of fused-ring (bicyclic) bond motifs is 1. The Bertz CT molecular complexity index is 1370. The Morgan fingerprint density at radius 3 is 2.38 bits per heavy atom. The first kappa shape index (κ1) is 23.1. The first-order valence-corrected chi connectivity index (χ1v) is 10.8. The second-order valence-corrected chi connectivity index (χ2v) is 7.83. The molecule has 8 heteroatoms. The molecule has 0 unspecified atom stereocenters. The summed E-state index contributed by atoms with van der Waals surface area (Å²) >= 11 is 6.35. The van der Waals surface area contributed by atoms with Crippen LogP contribution in [0, 0.1) is 0 Å². The predicted octanol–water partition coefficient (Wildman–Crippen LogP) is 4.58. The number of nitrogens with one attached hydrogen (secondary N) is 2. The van der Waals surface area contributed by atoms with E-state index >= 15 is 0 Å². The highest BCUT2D eigenvalue weighted by Gasteiger charge is 2.16. The van der Waals surface area contributed by atoms with Gasteiger partial charge < -0.3 is 9.47 Å². The number of ether oxygens (including phenoxy) is 2. The molecule has 0 aliphatic rings. The molecule has 4 aromatic rings. The number of carbonyl (C=O) groups is 2. The van der Waals surface area contributed by atoms with E-state index in [0.717, 1.165) is 0 Å². The monoisotopic (exact) mass is 475 g/mol. The average Bonchev–Trinajstić information content (AvgIpc) is 2.86. The molecule has 34 heavy (non-hydrogen) atoms. The molecule has 1 heterocycles. The summed E-state index contributed by atoms with van der Waals surface area (Å²) in [6, 6.07) is 21.4. The zero-order chi connectivity index (χ0) is 24.1. The topological polar surface area (TPSA) is 89.6 Å². The third-order valence-corrected chi connectivity index (χ3v) is 5.57. The summed E-state index contributed by atoms with van der Waals surface area (Å²) in [5, 5.41) is 1.19. The van der Waals surface area contributed by atoms with Gasteiger partial charge in [-0.25, -0.2) is 4.98 Å². The van der Waals surface area contributed by atoms with Crippen LogP contribution in [0.4, 0.5) is 0 Å². The second-order valence-electron chi connectivity index (χ2n) is 7.42. The molecule has 1 aromatic heterocycles. The van der Waals surface area contributed by atoms with Crippen molar-refractivity contribution in [2.75, 3.05) is 14.2 Å². The molecular formula is C26H22ClN3O4. The molecule has 0 spiro atoms. The van der Waals surface area contributed by atoms with Crippen LogP contribution in [-0.2, 0) is 11.2 Å². The molecule has 0 atom stereocenters. The fourth-order valence-corrected chi connectivity index (χ4v) is 3.82. The second kappa shape index (κ2) is 10.2. The molecule has 0 bridgehead atoms. The number of methoxy groups -OCH3 is 2. The van der Waals surface area contributed by atoms with Gasteiger partial charge in [0.1, 0.15) is 0 Å². The van der Waals surface area contributed by atoms with Crippen molar-refractivity contribution in [3.63, 3.8) is 0 Å². The van der Waals surface area contributed by atoms with Gasteiger partial charge in [0.05, 0.1) is 37.4 Å². The number of benzene rings is 3. The van der Waals surface area contributed by atoms with Crippen molar-refractivity contribution >= 4 is 34.3 Å². The zero-order valence-corrected chi connectivity index (χ0v) is 19.3. The standard InChI is InChI=1S/C26H22ClN3O4/c1-33-23-12-11-16(13-24(23)34-2)14-25(31)29-30-26(32)19-15-22(18-8-3-5-9-20(18)27)28-21-10-6-4-7-17(19)21/h3-13,15H,14H2,1-2H3,(H,29,31)(H,30,32). The molecule has 172 valence electrons. The van der Waals surface area contributed by atoms with E-state index in [0.29, 0.717) is 49.8 Å². The van der Waals surface area contributed by atoms with Crippen LogP contribution in [0.2, 0.25) is 5.02 Å². The first-order chi connectivity index (χ1) is 16.5. The molecule has 2 N–H and O–H groups in total. The highest BCUT2D eigenvalue weighted by Crippen LogP contribution is 2.30. The van der Waals surface area contributed by atoms with Crippen molar-refractivity contribution < 1.29 is 19.1 Å². The lowest BCUT2D eigenvalue weighted by Crippen LogP contribution is -2.42. The number of para-hydroxylation sites is 1. The fourth-order valence-electron chi connectivity index (χ4n) is 3.58. The summed E-state index contributed by atoms with van der Waals surface area (Å²) in [4.78, 5) is 30.2. The molecule has 0 aliphatic carbocycles. The van der Waals surface area contributed by atoms with Crippen LogP contribution in [0.1, 0.15) is 15.9 Å². The SMILES string of the molecule is COc1ccc(CC(=O)NNC(=O)c2cc(-c3ccccc3Cl)nc3ccccc23)cc1OC. The summed E-state index contributed by atoms with van der Waals surface area (Å²) in [6.45, 7) is 0. The van der Waals surface area contributed by atoms with Gasteiger partial charge in [0.2, 0.25) is 5.91 Å². The maximum absolute atomic E-state index is 13.0. The van der Waals surface area contributed by atoms with Gasteiger partial charge >= 0.3 is 0 Å². The molecule has 0 aliphatic heterocycles. The Morgan fingerprint density at radius 1 is 0.882 bits per heavy atom. The zero-order valence-electron chi connectivity index (χ0n) is 18.6. The number of amides is 2. The number of nitrogens with zero attached hydrogens (tertiary/aromatic N) is 1. The molecular weight excluding hydrogens is 454 g/mol. The van der Waals surface area contributed by atoms with Crippen molar-refractivity contribution in [2.24, 2.45) is 0 Å². The van der Waals surface area contributed by atoms with E-state index in [1.807, 2.05) is 36.4 Å². The lowest BCUT2D eigenvalue weighted by Gasteiger charge is -2.12. The maximum Gasteiger partial charge on any atom is 0.270 e. The molecule has 4 rings (SSSR count). The van der Waals surface area contributed by atoms with Crippen LogP contribution in [0.5, 0.6) is 11.5 Å². The third kappa shape index (κ3) is 4.94. The number of hydrogen-bond acceptors (Lipinski definition) is 5. The fraction of sp³-hybridized carbons (Fsp3) is 0.115. The first-order valence-electron chi connectivity index (χ1n) is 10.4. The van der Waals surface area contributed by atoms with Crippen molar-refractivity contribution in [3.8, 4) is 22.8 Å². The minimum Gasteiger partial charge on any atom is -0.493 e. The Kier molecular flexibility index (Phi) is 6.94. The van der Waals surface area contributed by atoms with Crippen LogP contribution in [0.15, 0.2) is 72.8 Å². The van der Waals surface area contributed by atoms with Crippen LogP contribution in [0.3, 0.4) is 0 Å². The lowest BCUT2D eigenvalue weighted by atomic mass is 10.0. The summed E-state index contributed by atoms with van der Waals surface area (Å²) in [5.74, 6) is 0.240. The van der Waals surface area contributed by atoms with Gasteiger partial charge in [0.25, 0.3) is 5.91 Å². The van der Waals surface area contributed by atoms with Crippen molar-refractivity contribution in [1.82, 2.24) is 15.8 Å². The predicted molar refractivity (Wildman–Crippen MR) is 131 cm³/mol. The minimum atomic E-state index is -0.465. The van der Waals surface area contributed by atoms with E-state index in [4.69, 9.17) is 21.1 Å². The Balaban J connectivity index is 1.54. The third-order valence-electron chi connectivity index (χ3n) is 5.24. The summed E-state index contributed by atoms with van der Waals surface area (Å²) in [6.07, 6.45) is 0.0442. The number of carbonyl (C=O) groups excluding carboxylic acids is 2. The van der Waals surface area contributed by atoms with E-state index in [9.17, 15) is 9.59 Å². The quantitative estimate of drug-likeness (QED) is 0.398. The van der Waals surface area contributed by atoms with Gasteiger partial charge in [-0.15, -0.1) is 0 Å². The number of hydrazine groups is 1. The number of halogens is 1. The van der Waals surface area contributed by atoms with Gasteiger partial charge in [0, 0.05) is 16.0 Å². The Morgan fingerprint density at radius 2 is 1.62 bits per heavy atom. The Labute approximate surface area is 201 Å². The molecule has 7 nitrogen and oxygen atoms in total. The van der Waals surface area contributed by atoms with Gasteiger partial charge in [0.15, 0.2) is 11.5 Å². The van der Waals surface area contributed by atoms with Crippen molar-refractivity contribution in [2.45, 2.75) is 6.42 Å². The number of hydrogen-bond donors (Lipinski definition) is 2. The number of pyridine rings is 1. The van der Waals surface area contributed by atoms with E-state index in [1.54, 1.807) is 43.5 Å². The van der Waals surface area contributed by atoms with E-state index in [-0.39, 0.29) is 12.3 Å². The van der Waals surface area contributed by atoms with E-state index < -0.39 is 5.91 Å². The van der Waals surface area contributed by atoms with E-state index in [2.05, 4.69) is 15.8 Å². The molecule has 0 saturated heterocycles. The highest BCUT2D eigenvalue weighted by molar-refractivity contribution is 6.33. The van der Waals surface area contributed by atoms with Crippen LogP contribution < -0.4 is 20.3 Å². The van der Waals surface area contributed by atoms with E-state index in [1.165, 1.54) is 7.11 Å². The van der Waals surface area contributed by atoms with Gasteiger partial charge in [-0.2, -0.15) is 0 Å². The van der Waals surface area contributed by atoms with Gasteiger partial charge in [-0.1, -0.05) is 54.1 Å². The number of rotatable bonds is 6. The maximum atomic E-state index is 13.0. The summed E-state index contributed by atoms with van der Waals surface area (Å²) < 4.78 is 10.5. The minimum absolute atomic E-state index is 0.0442. The average molecular weight is 476 g/mol. The van der Waals surface area contributed by atoms with Crippen molar-refractivity contribution in [1.29, 1.82) is 0 Å². The van der Waals surface area contributed by atoms with Crippen LogP contribution >= 0.6 is 11.6 Å². The largest absolute Gasteiger partial charge is 0.493 e. The summed E-state index contributed by atoms with van der Waals surface area (Å²) in [7, 11) is 3.07. The molecule has 2 amide bonds. The summed E-state index contributed by atoms with van der Waals surface area (Å²) in [5.41, 5.74) is 7.96. The van der Waals surface area contributed by atoms with Crippen LogP contribution in [0.25, 0.3) is 22.2 Å². The lowest BCUT2D eigenvalue weighted by molar-refractivity contribution is -0.121. The normalized spacial score (nSPS) is 10.6. The molecule has 0 fully saturated rings. The van der Waals surface area contributed by atoms with Gasteiger partial charge in [-0.3, -0.25) is 20.4 Å². The number of aromatic nitrogens is 1. The highest BCUT2D eigenvalue weighted by atomic mass is 35.5. The molecule has 0 radical (unpaired) electrons. The smallest absolute Gasteiger partial charge is 0.270 e. The van der Waals surface area contributed by atoms with Crippen molar-refractivity contribution in [3.05, 3.63) is 88.9 Å². The van der Waals surface area contributed by atoms with Crippen LogP contribution in [-0.4, -0.2) is 31.0 Å². The Hall–Kier alpha value is -4.10. The van der Waals surface area contributed by atoms with Gasteiger partial charge in [-0.05, 0) is 35.9 Å².